The lowest BCUT2D eigenvalue weighted by Crippen LogP contribution is -2.49. The highest BCUT2D eigenvalue weighted by molar-refractivity contribution is 7.12. The molecule has 1 aromatic carbocycles. The van der Waals surface area contributed by atoms with Gasteiger partial charge < -0.3 is 15.5 Å². The fourth-order valence-corrected chi connectivity index (χ4v) is 4.31. The first-order chi connectivity index (χ1) is 14.0. The Morgan fingerprint density at radius 1 is 1.03 bits per heavy atom. The summed E-state index contributed by atoms with van der Waals surface area (Å²) in [5.41, 5.74) is 2.25. The van der Waals surface area contributed by atoms with Gasteiger partial charge in [0.2, 0.25) is 11.8 Å². The number of carbonyl (C=O) groups excluding carboxylic acids is 3. The van der Waals surface area contributed by atoms with E-state index in [1.807, 2.05) is 30.5 Å². The molecule has 3 amide bonds. The highest BCUT2D eigenvalue weighted by Gasteiger charge is 2.33. The third kappa shape index (κ3) is 4.50. The molecule has 2 aromatic rings. The third-order valence-electron chi connectivity index (χ3n) is 5.51. The molecule has 1 saturated carbocycles. The second-order valence-electron chi connectivity index (χ2n) is 7.77. The van der Waals surface area contributed by atoms with E-state index >= 15 is 0 Å². The molecule has 1 saturated heterocycles. The summed E-state index contributed by atoms with van der Waals surface area (Å²) in [6.45, 7) is 2.50. The zero-order chi connectivity index (χ0) is 20.4. The van der Waals surface area contributed by atoms with Crippen LogP contribution in [0.2, 0.25) is 0 Å². The van der Waals surface area contributed by atoms with Crippen LogP contribution in [-0.2, 0) is 9.59 Å². The Labute approximate surface area is 174 Å². The summed E-state index contributed by atoms with van der Waals surface area (Å²) in [7, 11) is 0. The average molecular weight is 412 g/mol. The predicted octanol–water partition coefficient (Wildman–Crippen LogP) is 4.04. The molecule has 2 N–H and O–H groups in total. The van der Waals surface area contributed by atoms with Crippen LogP contribution in [0.3, 0.4) is 0 Å². The number of hydrogen-bond donors (Lipinski definition) is 2. The topological polar surface area (TPSA) is 78.5 Å². The van der Waals surface area contributed by atoms with E-state index in [0.29, 0.717) is 29.2 Å². The molecule has 152 valence electrons. The van der Waals surface area contributed by atoms with E-state index in [2.05, 4.69) is 10.6 Å². The maximum absolute atomic E-state index is 13.1. The lowest BCUT2D eigenvalue weighted by Gasteiger charge is -2.34. The van der Waals surface area contributed by atoms with Crippen molar-refractivity contribution in [2.24, 2.45) is 5.92 Å². The SMILES string of the molecule is Cc1ccc(NC(=O)C2CC2)cc1NC(=O)C1CCCCN1C(=O)c1cccs1. The Balaban J connectivity index is 1.48. The maximum atomic E-state index is 13.1. The third-order valence-corrected chi connectivity index (χ3v) is 6.37. The molecule has 1 atom stereocenters. The largest absolute Gasteiger partial charge is 0.326 e. The van der Waals surface area contributed by atoms with Crippen LogP contribution in [0.15, 0.2) is 35.7 Å². The summed E-state index contributed by atoms with van der Waals surface area (Å²) in [6.07, 6.45) is 4.36. The number of hydrogen-bond acceptors (Lipinski definition) is 4. The number of aryl methyl sites for hydroxylation is 1. The zero-order valence-corrected chi connectivity index (χ0v) is 17.3. The molecule has 1 unspecified atom stereocenters. The van der Waals surface area contributed by atoms with Crippen molar-refractivity contribution in [1.82, 2.24) is 4.90 Å². The molecule has 6 nitrogen and oxygen atoms in total. The number of rotatable bonds is 5. The Hall–Kier alpha value is -2.67. The number of piperidine rings is 1. The number of amides is 3. The number of anilines is 2. The van der Waals surface area contributed by atoms with E-state index in [0.717, 1.165) is 31.2 Å². The van der Waals surface area contributed by atoms with Crippen molar-refractivity contribution in [3.63, 3.8) is 0 Å². The number of thiophene rings is 1. The van der Waals surface area contributed by atoms with Gasteiger partial charge in [0.1, 0.15) is 6.04 Å². The van der Waals surface area contributed by atoms with Gasteiger partial charge in [-0.2, -0.15) is 0 Å². The van der Waals surface area contributed by atoms with E-state index in [1.54, 1.807) is 17.0 Å². The van der Waals surface area contributed by atoms with Crippen LogP contribution in [0.5, 0.6) is 0 Å². The van der Waals surface area contributed by atoms with Crippen molar-refractivity contribution in [3.8, 4) is 0 Å². The quantitative estimate of drug-likeness (QED) is 0.779. The summed E-state index contributed by atoms with van der Waals surface area (Å²) in [5.74, 6) is -0.107. The van der Waals surface area contributed by atoms with Crippen molar-refractivity contribution in [2.45, 2.75) is 45.1 Å². The minimum absolute atomic E-state index is 0.0335. The molecule has 2 fully saturated rings. The van der Waals surface area contributed by atoms with Crippen LogP contribution in [0.4, 0.5) is 11.4 Å². The fourth-order valence-electron chi connectivity index (χ4n) is 3.63. The van der Waals surface area contributed by atoms with Crippen molar-refractivity contribution in [3.05, 3.63) is 46.2 Å². The van der Waals surface area contributed by atoms with Gasteiger partial charge >= 0.3 is 0 Å². The van der Waals surface area contributed by atoms with Gasteiger partial charge in [0.15, 0.2) is 0 Å². The Kier molecular flexibility index (Phi) is 5.67. The predicted molar refractivity (Wildman–Crippen MR) is 114 cm³/mol. The number of nitrogens with one attached hydrogen (secondary N) is 2. The molecule has 2 heterocycles. The lowest BCUT2D eigenvalue weighted by atomic mass is 10.0. The van der Waals surface area contributed by atoms with Crippen LogP contribution in [-0.4, -0.2) is 35.2 Å². The first-order valence-electron chi connectivity index (χ1n) is 10.1. The highest BCUT2D eigenvalue weighted by Crippen LogP contribution is 2.31. The number of nitrogens with zero attached hydrogens (tertiary/aromatic N) is 1. The normalized spacial score (nSPS) is 18.9. The van der Waals surface area contributed by atoms with E-state index in [9.17, 15) is 14.4 Å². The van der Waals surface area contributed by atoms with Crippen molar-refractivity contribution < 1.29 is 14.4 Å². The molecule has 0 spiro atoms. The molecule has 29 heavy (non-hydrogen) atoms. The van der Waals surface area contributed by atoms with Crippen molar-refractivity contribution >= 4 is 40.4 Å². The summed E-state index contributed by atoms with van der Waals surface area (Å²) >= 11 is 1.40. The molecule has 7 heteroatoms. The average Bonchev–Trinajstić information content (AvgIpc) is 3.44. The van der Waals surface area contributed by atoms with Gasteiger partial charge in [-0.1, -0.05) is 12.1 Å². The van der Waals surface area contributed by atoms with Gasteiger partial charge in [0.05, 0.1) is 4.88 Å². The van der Waals surface area contributed by atoms with Crippen LogP contribution in [0.1, 0.15) is 47.3 Å². The van der Waals surface area contributed by atoms with Crippen molar-refractivity contribution in [1.29, 1.82) is 0 Å². The van der Waals surface area contributed by atoms with Gasteiger partial charge in [-0.15, -0.1) is 11.3 Å². The first kappa shape index (κ1) is 19.6. The second kappa shape index (κ2) is 8.37. The molecule has 1 aliphatic carbocycles. The van der Waals surface area contributed by atoms with Gasteiger partial charge in [-0.3, -0.25) is 14.4 Å². The summed E-state index contributed by atoms with van der Waals surface area (Å²) in [5, 5.41) is 7.78. The minimum atomic E-state index is -0.484. The number of benzene rings is 1. The molecule has 0 bridgehead atoms. The van der Waals surface area contributed by atoms with E-state index in [1.165, 1.54) is 11.3 Å². The molecule has 2 aliphatic rings. The van der Waals surface area contributed by atoms with Crippen LogP contribution in [0, 0.1) is 12.8 Å². The molecular weight excluding hydrogens is 386 g/mol. The first-order valence-corrected chi connectivity index (χ1v) is 11.0. The molecular formula is C22H25N3O3S. The van der Waals surface area contributed by atoms with Crippen LogP contribution < -0.4 is 10.6 Å². The molecule has 4 rings (SSSR count). The zero-order valence-electron chi connectivity index (χ0n) is 16.4. The number of likely N-dealkylation sites (tertiary alicyclic amines) is 1. The van der Waals surface area contributed by atoms with Gasteiger partial charge in [-0.25, -0.2) is 0 Å². The lowest BCUT2D eigenvalue weighted by molar-refractivity contribution is -0.121. The smallest absolute Gasteiger partial charge is 0.264 e. The Morgan fingerprint density at radius 2 is 1.86 bits per heavy atom. The summed E-state index contributed by atoms with van der Waals surface area (Å²) < 4.78 is 0. The van der Waals surface area contributed by atoms with E-state index in [-0.39, 0.29) is 23.6 Å². The second-order valence-corrected chi connectivity index (χ2v) is 8.72. The van der Waals surface area contributed by atoms with Crippen LogP contribution >= 0.6 is 11.3 Å². The summed E-state index contributed by atoms with van der Waals surface area (Å²) in [6, 6.07) is 8.69. The van der Waals surface area contributed by atoms with Gasteiger partial charge in [0.25, 0.3) is 5.91 Å². The van der Waals surface area contributed by atoms with Gasteiger partial charge in [-0.05, 0) is 68.2 Å². The molecule has 1 aliphatic heterocycles. The fraction of sp³-hybridized carbons (Fsp3) is 0.409. The molecule has 1 aromatic heterocycles. The monoisotopic (exact) mass is 411 g/mol. The van der Waals surface area contributed by atoms with E-state index < -0.39 is 6.04 Å². The van der Waals surface area contributed by atoms with Gasteiger partial charge in [0, 0.05) is 23.8 Å². The van der Waals surface area contributed by atoms with E-state index in [4.69, 9.17) is 0 Å². The Morgan fingerprint density at radius 3 is 2.59 bits per heavy atom. The molecule has 0 radical (unpaired) electrons. The van der Waals surface area contributed by atoms with Crippen molar-refractivity contribution in [2.75, 3.05) is 17.2 Å². The summed E-state index contributed by atoms with van der Waals surface area (Å²) in [4.78, 5) is 40.3. The standard InChI is InChI=1S/C22H25N3O3S/c1-14-7-10-16(23-20(26)15-8-9-15)13-17(14)24-21(27)18-5-2-3-11-25(18)22(28)19-6-4-12-29-19/h4,6-7,10,12-13,15,18H,2-3,5,8-9,11H2,1H3,(H,23,26)(H,24,27). The highest BCUT2D eigenvalue weighted by atomic mass is 32.1. The Bertz CT molecular complexity index is 921. The number of carbonyl (C=O) groups is 3. The minimum Gasteiger partial charge on any atom is -0.326 e. The maximum Gasteiger partial charge on any atom is 0.264 e. The van der Waals surface area contributed by atoms with Crippen LogP contribution in [0.25, 0.3) is 0 Å².